The molecule has 7 heteroatoms. The molecule has 3 N–H and O–H groups in total. The lowest BCUT2D eigenvalue weighted by molar-refractivity contribution is -0.121. The number of amides is 1. The van der Waals surface area contributed by atoms with E-state index >= 15 is 0 Å². The van der Waals surface area contributed by atoms with Gasteiger partial charge >= 0.3 is 0 Å². The van der Waals surface area contributed by atoms with E-state index in [0.29, 0.717) is 11.9 Å². The summed E-state index contributed by atoms with van der Waals surface area (Å²) >= 11 is 0. The Balaban J connectivity index is 2.24. The van der Waals surface area contributed by atoms with Gasteiger partial charge in [0.1, 0.15) is 5.82 Å². The Morgan fingerprint density at radius 2 is 2.00 bits per heavy atom. The number of anilines is 2. The lowest BCUT2D eigenvalue weighted by Crippen LogP contribution is -2.35. The molecule has 21 heavy (non-hydrogen) atoms. The lowest BCUT2D eigenvalue weighted by Gasteiger charge is -2.20. The van der Waals surface area contributed by atoms with E-state index in [1.807, 2.05) is 32.8 Å². The molecule has 0 aliphatic heterocycles. The SMILES string of the molecule is CC(C)c1nc(N[C@@H]2CCC[C@@H]2C(N)=O)nc(N(C)C)n1. The Kier molecular flexibility index (Phi) is 4.59. The normalized spacial score (nSPS) is 21.6. The standard InChI is InChI=1S/C14H24N6O/c1-8(2)12-17-13(19-14(18-12)20(3)4)16-10-7-5-6-9(10)11(15)21/h8-10H,5-7H2,1-4H3,(H2,15,21)(H,16,17,18,19)/t9-,10+/m0/s1. The van der Waals surface area contributed by atoms with Gasteiger partial charge in [0.15, 0.2) is 0 Å². The molecule has 0 aromatic carbocycles. The van der Waals surface area contributed by atoms with E-state index in [2.05, 4.69) is 20.3 Å². The van der Waals surface area contributed by atoms with Crippen LogP contribution in [0.2, 0.25) is 0 Å². The largest absolute Gasteiger partial charge is 0.369 e. The highest BCUT2D eigenvalue weighted by molar-refractivity contribution is 5.78. The maximum atomic E-state index is 11.5. The molecular formula is C14H24N6O. The molecule has 0 saturated heterocycles. The minimum absolute atomic E-state index is 0.0138. The maximum Gasteiger partial charge on any atom is 0.229 e. The number of carbonyl (C=O) groups excluding carboxylic acids is 1. The molecule has 2 atom stereocenters. The van der Waals surface area contributed by atoms with Crippen molar-refractivity contribution >= 4 is 17.8 Å². The Labute approximate surface area is 125 Å². The van der Waals surface area contributed by atoms with Gasteiger partial charge < -0.3 is 16.0 Å². The topological polar surface area (TPSA) is 97.0 Å². The molecule has 2 rings (SSSR count). The summed E-state index contributed by atoms with van der Waals surface area (Å²) < 4.78 is 0. The minimum atomic E-state index is -0.254. The molecule has 1 aliphatic carbocycles. The van der Waals surface area contributed by atoms with Crippen LogP contribution in [0, 0.1) is 5.92 Å². The van der Waals surface area contributed by atoms with E-state index in [1.54, 1.807) is 0 Å². The van der Waals surface area contributed by atoms with Gasteiger partial charge in [-0.3, -0.25) is 4.79 Å². The van der Waals surface area contributed by atoms with Gasteiger partial charge in [-0.1, -0.05) is 20.3 Å². The van der Waals surface area contributed by atoms with Crippen molar-refractivity contribution in [2.75, 3.05) is 24.3 Å². The maximum absolute atomic E-state index is 11.5. The van der Waals surface area contributed by atoms with Gasteiger partial charge in [-0.05, 0) is 12.8 Å². The fourth-order valence-corrected chi connectivity index (χ4v) is 2.54. The monoisotopic (exact) mass is 292 g/mol. The third-order valence-corrected chi connectivity index (χ3v) is 3.75. The zero-order chi connectivity index (χ0) is 15.6. The van der Waals surface area contributed by atoms with E-state index in [1.165, 1.54) is 0 Å². The van der Waals surface area contributed by atoms with Crippen molar-refractivity contribution in [1.29, 1.82) is 0 Å². The summed E-state index contributed by atoms with van der Waals surface area (Å²) in [6.07, 6.45) is 2.73. The minimum Gasteiger partial charge on any atom is -0.369 e. The molecule has 7 nitrogen and oxygen atoms in total. The quantitative estimate of drug-likeness (QED) is 0.844. The van der Waals surface area contributed by atoms with Gasteiger partial charge in [-0.25, -0.2) is 0 Å². The first-order valence-electron chi connectivity index (χ1n) is 7.37. The van der Waals surface area contributed by atoms with Gasteiger partial charge in [0, 0.05) is 26.1 Å². The summed E-state index contributed by atoms with van der Waals surface area (Å²) in [5.41, 5.74) is 5.46. The third kappa shape index (κ3) is 3.59. The highest BCUT2D eigenvalue weighted by Gasteiger charge is 2.32. The van der Waals surface area contributed by atoms with Crippen molar-refractivity contribution in [3.8, 4) is 0 Å². The summed E-state index contributed by atoms with van der Waals surface area (Å²) in [6.45, 7) is 4.08. The molecule has 1 aromatic rings. The Bertz CT molecular complexity index is 490. The molecule has 0 spiro atoms. The number of nitrogens with one attached hydrogen (secondary N) is 1. The van der Waals surface area contributed by atoms with Crippen LogP contribution in [0.15, 0.2) is 0 Å². The van der Waals surface area contributed by atoms with Gasteiger partial charge in [-0.2, -0.15) is 15.0 Å². The van der Waals surface area contributed by atoms with Crippen LogP contribution in [0.4, 0.5) is 11.9 Å². The van der Waals surface area contributed by atoms with Crippen molar-refractivity contribution < 1.29 is 4.79 Å². The van der Waals surface area contributed by atoms with E-state index in [-0.39, 0.29) is 23.8 Å². The third-order valence-electron chi connectivity index (χ3n) is 3.75. The molecule has 0 bridgehead atoms. The number of nitrogens with zero attached hydrogens (tertiary/aromatic N) is 4. The van der Waals surface area contributed by atoms with Crippen molar-refractivity contribution in [2.24, 2.45) is 11.7 Å². The molecule has 1 saturated carbocycles. The first-order valence-corrected chi connectivity index (χ1v) is 7.37. The zero-order valence-corrected chi connectivity index (χ0v) is 13.1. The van der Waals surface area contributed by atoms with E-state index in [0.717, 1.165) is 25.1 Å². The van der Waals surface area contributed by atoms with Crippen LogP contribution in [0.5, 0.6) is 0 Å². The molecule has 116 valence electrons. The average Bonchev–Trinajstić information content (AvgIpc) is 2.86. The van der Waals surface area contributed by atoms with Crippen LogP contribution in [-0.2, 0) is 4.79 Å². The van der Waals surface area contributed by atoms with Gasteiger partial charge in [0.2, 0.25) is 17.8 Å². The smallest absolute Gasteiger partial charge is 0.229 e. The van der Waals surface area contributed by atoms with Crippen molar-refractivity contribution in [1.82, 2.24) is 15.0 Å². The molecule has 1 amide bonds. The second-order valence-electron chi connectivity index (χ2n) is 6.06. The molecule has 1 aromatic heterocycles. The highest BCUT2D eigenvalue weighted by atomic mass is 16.1. The summed E-state index contributed by atoms with van der Waals surface area (Å²) in [5, 5.41) is 3.27. The lowest BCUT2D eigenvalue weighted by atomic mass is 10.0. The van der Waals surface area contributed by atoms with E-state index in [4.69, 9.17) is 5.73 Å². The number of aromatic nitrogens is 3. The number of hydrogen-bond donors (Lipinski definition) is 2. The second-order valence-corrected chi connectivity index (χ2v) is 6.06. The predicted molar refractivity (Wildman–Crippen MR) is 82.2 cm³/mol. The highest BCUT2D eigenvalue weighted by Crippen LogP contribution is 2.28. The summed E-state index contributed by atoms with van der Waals surface area (Å²) in [6, 6.07) is 0.0138. The van der Waals surface area contributed by atoms with E-state index in [9.17, 15) is 4.79 Å². The Hall–Kier alpha value is -1.92. The fourth-order valence-electron chi connectivity index (χ4n) is 2.54. The zero-order valence-electron chi connectivity index (χ0n) is 13.1. The predicted octanol–water partition coefficient (Wildman–Crippen LogP) is 1.13. The first kappa shape index (κ1) is 15.5. The number of hydrogen-bond acceptors (Lipinski definition) is 6. The van der Waals surface area contributed by atoms with Gasteiger partial charge in [0.05, 0.1) is 5.92 Å². The van der Waals surface area contributed by atoms with Crippen LogP contribution >= 0.6 is 0 Å². The molecule has 1 fully saturated rings. The molecule has 0 radical (unpaired) electrons. The summed E-state index contributed by atoms with van der Waals surface area (Å²) in [5.74, 6) is 1.69. The van der Waals surface area contributed by atoms with Crippen LogP contribution in [0.3, 0.4) is 0 Å². The second kappa shape index (κ2) is 6.24. The van der Waals surface area contributed by atoms with E-state index < -0.39 is 0 Å². The Morgan fingerprint density at radius 1 is 1.29 bits per heavy atom. The average molecular weight is 292 g/mol. The van der Waals surface area contributed by atoms with Crippen LogP contribution in [0.1, 0.15) is 44.9 Å². The summed E-state index contributed by atoms with van der Waals surface area (Å²) in [4.78, 5) is 26.6. The number of carbonyl (C=O) groups is 1. The first-order chi connectivity index (χ1) is 9.88. The van der Waals surface area contributed by atoms with Crippen LogP contribution in [0.25, 0.3) is 0 Å². The van der Waals surface area contributed by atoms with Crippen LogP contribution in [-0.4, -0.2) is 41.0 Å². The molecular weight excluding hydrogens is 268 g/mol. The number of nitrogens with two attached hydrogens (primary N) is 1. The number of rotatable bonds is 5. The summed E-state index contributed by atoms with van der Waals surface area (Å²) in [7, 11) is 3.79. The van der Waals surface area contributed by atoms with Gasteiger partial charge in [0.25, 0.3) is 0 Å². The van der Waals surface area contributed by atoms with Crippen LogP contribution < -0.4 is 16.0 Å². The van der Waals surface area contributed by atoms with Crippen molar-refractivity contribution in [3.63, 3.8) is 0 Å². The Morgan fingerprint density at radius 3 is 2.57 bits per heavy atom. The van der Waals surface area contributed by atoms with Gasteiger partial charge in [-0.15, -0.1) is 0 Å². The fraction of sp³-hybridized carbons (Fsp3) is 0.714. The molecule has 1 aliphatic rings. The number of primary amides is 1. The van der Waals surface area contributed by atoms with Crippen molar-refractivity contribution in [3.05, 3.63) is 5.82 Å². The molecule has 1 heterocycles. The van der Waals surface area contributed by atoms with Crippen molar-refractivity contribution in [2.45, 2.75) is 45.1 Å². The molecule has 0 unspecified atom stereocenters.